The number of fused-ring (bicyclic) bond motifs is 1. The monoisotopic (exact) mass is 701 g/mol. The average Bonchev–Trinajstić information content (AvgIpc) is 3.53. The summed E-state index contributed by atoms with van der Waals surface area (Å²) in [6.07, 6.45) is 0.201. The number of hydrogen-bond acceptors (Lipinski definition) is 4. The van der Waals surface area contributed by atoms with Gasteiger partial charge in [-0.05, 0) is 72.5 Å². The average molecular weight is 703 g/mol. The van der Waals surface area contributed by atoms with Gasteiger partial charge in [0.25, 0.3) is 5.56 Å². The van der Waals surface area contributed by atoms with Crippen LogP contribution in [0, 0.1) is 5.41 Å². The summed E-state index contributed by atoms with van der Waals surface area (Å²) < 4.78 is 10.7. The number of ether oxygens (including phenoxy) is 1. The Labute approximate surface area is 265 Å². The molecule has 2 aromatic heterocycles. The van der Waals surface area contributed by atoms with Crippen LogP contribution >= 0.6 is 31.9 Å². The number of para-hydroxylation sites is 1. The van der Waals surface area contributed by atoms with Gasteiger partial charge in [0.15, 0.2) is 5.78 Å². The van der Waals surface area contributed by atoms with Crippen LogP contribution in [0.5, 0.6) is 0 Å². The van der Waals surface area contributed by atoms with E-state index in [0.717, 1.165) is 25.9 Å². The molecule has 0 saturated heterocycles. The molecule has 1 N–H and O–H groups in total. The summed E-state index contributed by atoms with van der Waals surface area (Å²) in [6, 6.07) is 26.8. The highest BCUT2D eigenvalue weighted by atomic mass is 79.9. The third kappa shape index (κ3) is 5.14. The fourth-order valence-corrected chi connectivity index (χ4v) is 6.61. The van der Waals surface area contributed by atoms with Gasteiger partial charge in [0.2, 0.25) is 0 Å². The van der Waals surface area contributed by atoms with Crippen molar-refractivity contribution >= 4 is 43.6 Å². The second-order valence-corrected chi connectivity index (χ2v) is 13.1. The lowest BCUT2D eigenvalue weighted by Crippen LogP contribution is -2.37. The summed E-state index contributed by atoms with van der Waals surface area (Å²) in [6.45, 7) is 5.84. The van der Waals surface area contributed by atoms with Crippen LogP contribution in [0.25, 0.3) is 22.6 Å². The summed E-state index contributed by atoms with van der Waals surface area (Å²) in [7, 11) is 0. The van der Waals surface area contributed by atoms with Gasteiger partial charge in [-0.25, -0.2) is 9.48 Å². The van der Waals surface area contributed by atoms with Crippen molar-refractivity contribution in [2.24, 2.45) is 5.41 Å². The number of aromatic amines is 1. The maximum atomic E-state index is 14.4. The van der Waals surface area contributed by atoms with Crippen molar-refractivity contribution in [2.45, 2.75) is 33.1 Å². The van der Waals surface area contributed by atoms with Crippen LogP contribution in [0.15, 0.2) is 98.7 Å². The van der Waals surface area contributed by atoms with E-state index in [2.05, 4.69) is 41.5 Å². The zero-order valence-corrected chi connectivity index (χ0v) is 27.0. The first-order valence-electron chi connectivity index (χ1n) is 14.0. The second kappa shape index (κ2) is 11.3. The summed E-state index contributed by atoms with van der Waals surface area (Å²) in [4.78, 5) is 41.7. The molecule has 218 valence electrons. The molecule has 1 aliphatic carbocycles. The van der Waals surface area contributed by atoms with Gasteiger partial charge in [0.05, 0.1) is 23.6 Å². The zero-order chi connectivity index (χ0) is 30.5. The molecule has 2 heterocycles. The molecule has 1 atom stereocenters. The molecule has 3 aromatic carbocycles. The fourth-order valence-electron chi connectivity index (χ4n) is 6.08. The number of nitrogens with one attached hydrogen (secondary N) is 1. The quantitative estimate of drug-likeness (QED) is 0.181. The maximum Gasteiger partial charge on any atom is 0.356 e. The molecule has 0 saturated carbocycles. The maximum absolute atomic E-state index is 14.4. The summed E-state index contributed by atoms with van der Waals surface area (Å²) >= 11 is 7.06. The smallest absolute Gasteiger partial charge is 0.356 e. The van der Waals surface area contributed by atoms with Gasteiger partial charge < -0.3 is 9.30 Å². The topological polar surface area (TPSA) is 86.1 Å². The Kier molecular flexibility index (Phi) is 7.64. The van der Waals surface area contributed by atoms with Crippen LogP contribution in [-0.2, 0) is 4.74 Å². The Morgan fingerprint density at radius 3 is 2.19 bits per heavy atom. The molecule has 9 heteroatoms. The predicted octanol–water partition coefficient (Wildman–Crippen LogP) is 8.07. The standard InChI is InChI=1S/C34H29Br2N3O4/c1-4-43-33(42)30-28(32(41)39(37-30)24-8-6-5-7-9-24)29-31-25(27(40)19-34(29,2)3)18-26(20-10-12-21(35)13-11-20)38(31)23-16-14-22(36)15-17-23/h5-18,29,37H,4,19H2,1-3H3. The number of hydrogen-bond donors (Lipinski definition) is 1. The van der Waals surface area contributed by atoms with E-state index >= 15 is 0 Å². The second-order valence-electron chi connectivity index (χ2n) is 11.3. The highest BCUT2D eigenvalue weighted by Gasteiger charge is 2.47. The number of benzene rings is 3. The highest BCUT2D eigenvalue weighted by molar-refractivity contribution is 9.10. The van der Waals surface area contributed by atoms with Crippen LogP contribution in [0.1, 0.15) is 65.2 Å². The SMILES string of the molecule is CCOC(=O)c1[nH]n(-c2ccccc2)c(=O)c1C1c2c(cc(-c3ccc(Br)cc3)n2-c2ccc(Br)cc2)C(=O)CC1(C)C. The molecule has 0 aliphatic heterocycles. The number of Topliss-reactive ketones (excluding diaryl/α,β-unsaturated/α-hetero) is 1. The molecule has 0 amide bonds. The molecule has 6 rings (SSSR count). The Bertz CT molecular complexity index is 1900. The number of carbonyl (C=O) groups excluding carboxylic acids is 2. The third-order valence-electron chi connectivity index (χ3n) is 7.94. The van der Waals surface area contributed by atoms with E-state index in [9.17, 15) is 14.4 Å². The number of H-pyrrole nitrogens is 1. The van der Waals surface area contributed by atoms with E-state index in [1.54, 1.807) is 19.1 Å². The van der Waals surface area contributed by atoms with Gasteiger partial charge >= 0.3 is 5.97 Å². The number of carbonyl (C=O) groups is 2. The molecular formula is C34H29Br2N3O4. The predicted molar refractivity (Wildman–Crippen MR) is 174 cm³/mol. The number of rotatable bonds is 6. The van der Waals surface area contributed by atoms with Crippen molar-refractivity contribution in [2.75, 3.05) is 6.61 Å². The summed E-state index contributed by atoms with van der Waals surface area (Å²) in [5.41, 5.74) is 3.63. The Balaban J connectivity index is 1.71. The molecular weight excluding hydrogens is 674 g/mol. The van der Waals surface area contributed by atoms with Gasteiger partial charge in [-0.2, -0.15) is 0 Å². The molecule has 7 nitrogen and oxygen atoms in total. The van der Waals surface area contributed by atoms with E-state index in [1.165, 1.54) is 4.68 Å². The van der Waals surface area contributed by atoms with Crippen LogP contribution in [0.4, 0.5) is 0 Å². The largest absolute Gasteiger partial charge is 0.461 e. The molecule has 1 aliphatic rings. The van der Waals surface area contributed by atoms with Gasteiger partial charge in [-0.1, -0.05) is 76.0 Å². The Morgan fingerprint density at radius 2 is 1.56 bits per heavy atom. The zero-order valence-electron chi connectivity index (χ0n) is 23.9. The molecule has 0 spiro atoms. The first-order valence-corrected chi connectivity index (χ1v) is 15.6. The lowest BCUT2D eigenvalue weighted by atomic mass is 9.65. The Hall–Kier alpha value is -3.95. The van der Waals surface area contributed by atoms with Crippen molar-refractivity contribution in [1.82, 2.24) is 14.3 Å². The molecule has 43 heavy (non-hydrogen) atoms. The number of nitrogens with zero attached hydrogens (tertiary/aromatic N) is 2. The minimum atomic E-state index is -0.719. The van der Waals surface area contributed by atoms with E-state index < -0.39 is 17.3 Å². The van der Waals surface area contributed by atoms with Crippen molar-refractivity contribution < 1.29 is 14.3 Å². The lowest BCUT2D eigenvalue weighted by molar-refractivity contribution is 0.0516. The van der Waals surface area contributed by atoms with Crippen LogP contribution in [0.2, 0.25) is 0 Å². The van der Waals surface area contributed by atoms with Crippen molar-refractivity contribution in [3.8, 4) is 22.6 Å². The van der Waals surface area contributed by atoms with Gasteiger partial charge in [-0.3, -0.25) is 14.7 Å². The molecule has 0 radical (unpaired) electrons. The van der Waals surface area contributed by atoms with E-state index in [4.69, 9.17) is 4.74 Å². The lowest BCUT2D eigenvalue weighted by Gasteiger charge is -2.38. The summed E-state index contributed by atoms with van der Waals surface area (Å²) in [5, 5.41) is 3.06. The Morgan fingerprint density at radius 1 is 0.930 bits per heavy atom. The number of ketones is 1. The van der Waals surface area contributed by atoms with Crippen molar-refractivity contribution in [3.63, 3.8) is 0 Å². The molecule has 5 aromatic rings. The van der Waals surface area contributed by atoms with Gasteiger partial charge in [-0.15, -0.1) is 0 Å². The van der Waals surface area contributed by atoms with E-state index in [0.29, 0.717) is 16.9 Å². The fraction of sp³-hybridized carbons (Fsp3) is 0.206. The molecule has 0 bridgehead atoms. The van der Waals surface area contributed by atoms with Crippen molar-refractivity contribution in [1.29, 1.82) is 0 Å². The van der Waals surface area contributed by atoms with Crippen LogP contribution in [0.3, 0.4) is 0 Å². The van der Waals surface area contributed by atoms with Crippen molar-refractivity contribution in [3.05, 3.63) is 127 Å². The van der Waals surface area contributed by atoms with Crippen LogP contribution < -0.4 is 5.56 Å². The summed E-state index contributed by atoms with van der Waals surface area (Å²) in [5.74, 6) is -1.25. The number of halogens is 2. The normalized spacial score (nSPS) is 15.7. The van der Waals surface area contributed by atoms with Gasteiger partial charge in [0, 0.05) is 38.2 Å². The van der Waals surface area contributed by atoms with Gasteiger partial charge in [0.1, 0.15) is 5.69 Å². The third-order valence-corrected chi connectivity index (χ3v) is 9.00. The first kappa shape index (κ1) is 29.1. The molecule has 0 fully saturated rings. The van der Waals surface area contributed by atoms with E-state index in [-0.39, 0.29) is 35.6 Å². The molecule has 1 unspecified atom stereocenters. The minimum absolute atomic E-state index is 0.0120. The van der Waals surface area contributed by atoms with Crippen LogP contribution in [-0.4, -0.2) is 32.7 Å². The minimum Gasteiger partial charge on any atom is -0.461 e. The highest BCUT2D eigenvalue weighted by Crippen LogP contribution is 2.51. The number of esters is 1. The first-order chi connectivity index (χ1) is 20.6. The number of aromatic nitrogens is 3. The van der Waals surface area contributed by atoms with E-state index in [1.807, 2.05) is 86.6 Å².